The van der Waals surface area contributed by atoms with E-state index in [-0.39, 0.29) is 0 Å². The fourth-order valence-electron chi connectivity index (χ4n) is 4.02. The SMILES string of the molecule is COc1ccccc1N1CCN(CCCCN(C(N)=O)c2cn3nc(Cl)ccc3n2)CC1. The lowest BCUT2D eigenvalue weighted by atomic mass is 10.2. The van der Waals surface area contributed by atoms with Crippen LogP contribution in [0.4, 0.5) is 16.3 Å². The Kier molecular flexibility index (Phi) is 6.96. The number of primary amides is 1. The summed E-state index contributed by atoms with van der Waals surface area (Å²) in [5.41, 5.74) is 7.37. The number of unbranched alkanes of at least 4 members (excludes halogenated alkanes) is 1. The van der Waals surface area contributed by atoms with Gasteiger partial charge in [0.15, 0.2) is 11.5 Å². The molecule has 1 fully saturated rings. The molecule has 2 amide bonds. The first kappa shape index (κ1) is 22.2. The molecule has 0 spiro atoms. The van der Waals surface area contributed by atoms with E-state index in [1.54, 1.807) is 30.0 Å². The van der Waals surface area contributed by atoms with Crippen LogP contribution in [0.2, 0.25) is 5.15 Å². The molecule has 1 saturated heterocycles. The first-order chi connectivity index (χ1) is 15.5. The number of halogens is 1. The Bertz CT molecular complexity index is 1070. The van der Waals surface area contributed by atoms with Crippen LogP contribution in [0.25, 0.3) is 5.65 Å². The summed E-state index contributed by atoms with van der Waals surface area (Å²) in [4.78, 5) is 22.7. The summed E-state index contributed by atoms with van der Waals surface area (Å²) < 4.78 is 7.04. The summed E-state index contributed by atoms with van der Waals surface area (Å²) in [7, 11) is 1.71. The molecular formula is C22H28ClN7O2. The van der Waals surface area contributed by atoms with E-state index in [4.69, 9.17) is 22.1 Å². The van der Waals surface area contributed by atoms with Gasteiger partial charge in [0.05, 0.1) is 19.0 Å². The number of carbonyl (C=O) groups excluding carboxylic acids is 1. The summed E-state index contributed by atoms with van der Waals surface area (Å²) in [5, 5.41) is 4.52. The number of imidazole rings is 1. The summed E-state index contributed by atoms with van der Waals surface area (Å²) in [6.07, 6.45) is 3.47. The third-order valence-corrected chi connectivity index (χ3v) is 5.92. The molecule has 0 saturated carbocycles. The van der Waals surface area contributed by atoms with E-state index in [1.807, 2.05) is 18.2 Å². The fraction of sp³-hybridized carbons (Fsp3) is 0.409. The molecule has 170 valence electrons. The Morgan fingerprint density at radius 1 is 1.16 bits per heavy atom. The minimum absolute atomic E-state index is 0.359. The number of anilines is 2. The number of rotatable bonds is 8. The van der Waals surface area contributed by atoms with Crippen LogP contribution in [0.5, 0.6) is 5.75 Å². The number of carbonyl (C=O) groups is 1. The molecule has 3 aromatic rings. The van der Waals surface area contributed by atoms with Crippen LogP contribution < -0.4 is 20.3 Å². The molecule has 10 heteroatoms. The van der Waals surface area contributed by atoms with Crippen molar-refractivity contribution in [3.05, 3.63) is 47.7 Å². The van der Waals surface area contributed by atoms with Gasteiger partial charge in [-0.1, -0.05) is 23.7 Å². The minimum atomic E-state index is -0.523. The average molecular weight is 458 g/mol. The molecule has 1 aliphatic heterocycles. The lowest BCUT2D eigenvalue weighted by Crippen LogP contribution is -2.46. The van der Waals surface area contributed by atoms with E-state index < -0.39 is 6.03 Å². The largest absolute Gasteiger partial charge is 0.495 e. The number of nitrogens with two attached hydrogens (primary N) is 1. The summed E-state index contributed by atoms with van der Waals surface area (Å²) >= 11 is 5.93. The highest BCUT2D eigenvalue weighted by Crippen LogP contribution is 2.28. The normalized spacial score (nSPS) is 14.6. The molecule has 0 radical (unpaired) electrons. The number of hydrogen-bond donors (Lipinski definition) is 1. The number of benzene rings is 1. The molecule has 1 aromatic carbocycles. The molecule has 4 rings (SSSR count). The van der Waals surface area contributed by atoms with Gasteiger partial charge in [-0.3, -0.25) is 9.80 Å². The number of para-hydroxylation sites is 2. The number of methoxy groups -OCH3 is 1. The highest BCUT2D eigenvalue weighted by atomic mass is 35.5. The maximum atomic E-state index is 12.0. The smallest absolute Gasteiger partial charge is 0.320 e. The van der Waals surface area contributed by atoms with Gasteiger partial charge in [-0.25, -0.2) is 14.3 Å². The van der Waals surface area contributed by atoms with Gasteiger partial charge in [-0.2, -0.15) is 5.10 Å². The quantitative estimate of drug-likeness (QED) is 0.523. The Hall–Kier alpha value is -3.04. The second-order valence-electron chi connectivity index (χ2n) is 7.76. The number of nitrogens with zero attached hydrogens (tertiary/aromatic N) is 6. The third-order valence-electron chi connectivity index (χ3n) is 5.72. The van der Waals surface area contributed by atoms with Crippen LogP contribution in [-0.2, 0) is 0 Å². The second kappa shape index (κ2) is 10.1. The number of urea groups is 1. The van der Waals surface area contributed by atoms with Crippen molar-refractivity contribution in [2.45, 2.75) is 12.8 Å². The van der Waals surface area contributed by atoms with Crippen molar-refractivity contribution in [1.29, 1.82) is 0 Å². The van der Waals surface area contributed by atoms with Gasteiger partial charge < -0.3 is 15.4 Å². The van der Waals surface area contributed by atoms with Crippen molar-refractivity contribution < 1.29 is 9.53 Å². The van der Waals surface area contributed by atoms with Gasteiger partial charge >= 0.3 is 6.03 Å². The van der Waals surface area contributed by atoms with Gasteiger partial charge in [0.1, 0.15) is 10.9 Å². The van der Waals surface area contributed by atoms with E-state index in [9.17, 15) is 4.79 Å². The van der Waals surface area contributed by atoms with Crippen molar-refractivity contribution in [3.63, 3.8) is 0 Å². The van der Waals surface area contributed by atoms with Crippen LogP contribution in [-0.4, -0.2) is 71.9 Å². The molecule has 3 heterocycles. The predicted octanol–water partition coefficient (Wildman–Crippen LogP) is 2.88. The fourth-order valence-corrected chi connectivity index (χ4v) is 4.17. The van der Waals surface area contributed by atoms with Gasteiger partial charge in [0.2, 0.25) is 0 Å². The van der Waals surface area contributed by atoms with Gasteiger partial charge in [0.25, 0.3) is 0 Å². The highest BCUT2D eigenvalue weighted by Gasteiger charge is 2.20. The Morgan fingerprint density at radius 2 is 1.94 bits per heavy atom. The first-order valence-corrected chi connectivity index (χ1v) is 11.1. The van der Waals surface area contributed by atoms with Crippen LogP contribution in [0.3, 0.4) is 0 Å². The van der Waals surface area contributed by atoms with E-state index in [1.165, 1.54) is 4.90 Å². The lowest BCUT2D eigenvalue weighted by Gasteiger charge is -2.36. The summed E-state index contributed by atoms with van der Waals surface area (Å²) in [6.45, 7) is 5.41. The van der Waals surface area contributed by atoms with Gasteiger partial charge in [-0.05, 0) is 43.7 Å². The zero-order valence-electron chi connectivity index (χ0n) is 18.2. The number of ether oxygens (including phenoxy) is 1. The minimum Gasteiger partial charge on any atom is -0.495 e. The monoisotopic (exact) mass is 457 g/mol. The molecule has 0 atom stereocenters. The average Bonchev–Trinajstić information content (AvgIpc) is 3.21. The third kappa shape index (κ3) is 5.05. The van der Waals surface area contributed by atoms with Gasteiger partial charge in [0, 0.05) is 32.7 Å². The van der Waals surface area contributed by atoms with Crippen molar-refractivity contribution in [1.82, 2.24) is 19.5 Å². The summed E-state index contributed by atoms with van der Waals surface area (Å²) in [6, 6.07) is 11.0. The Balaban J connectivity index is 1.25. The van der Waals surface area contributed by atoms with E-state index in [0.717, 1.165) is 57.0 Å². The topological polar surface area (TPSA) is 92.2 Å². The molecule has 1 aliphatic rings. The Morgan fingerprint density at radius 3 is 2.69 bits per heavy atom. The van der Waals surface area contributed by atoms with Crippen molar-refractivity contribution in [3.8, 4) is 5.75 Å². The standard InChI is InChI=1S/C22H28ClN7O2/c1-32-18-7-3-2-6-17(18)28-14-12-27(13-15-28)10-4-5-11-29(22(24)31)21-16-30-20(25-21)9-8-19(23)26-30/h2-3,6-9,16H,4-5,10-15H2,1H3,(H2,24,31). The second-order valence-corrected chi connectivity index (χ2v) is 8.14. The van der Waals surface area contributed by atoms with Crippen molar-refractivity contribution in [2.75, 3.05) is 56.2 Å². The van der Waals surface area contributed by atoms with Crippen molar-refractivity contribution >= 4 is 34.8 Å². The van der Waals surface area contributed by atoms with Crippen LogP contribution in [0, 0.1) is 0 Å². The van der Waals surface area contributed by atoms with Crippen LogP contribution in [0.1, 0.15) is 12.8 Å². The van der Waals surface area contributed by atoms with Crippen LogP contribution >= 0.6 is 11.6 Å². The van der Waals surface area contributed by atoms with Gasteiger partial charge in [-0.15, -0.1) is 0 Å². The molecule has 2 aromatic heterocycles. The zero-order valence-corrected chi connectivity index (χ0v) is 18.9. The molecule has 9 nitrogen and oxygen atoms in total. The molecule has 0 unspecified atom stereocenters. The van der Waals surface area contributed by atoms with Crippen molar-refractivity contribution in [2.24, 2.45) is 5.73 Å². The highest BCUT2D eigenvalue weighted by molar-refractivity contribution is 6.29. The number of aromatic nitrogens is 3. The number of piperazine rings is 1. The molecule has 0 bridgehead atoms. The predicted molar refractivity (Wildman–Crippen MR) is 126 cm³/mol. The maximum Gasteiger partial charge on any atom is 0.320 e. The molecule has 32 heavy (non-hydrogen) atoms. The van der Waals surface area contributed by atoms with E-state index in [0.29, 0.717) is 23.2 Å². The van der Waals surface area contributed by atoms with E-state index >= 15 is 0 Å². The number of amides is 2. The molecule has 2 N–H and O–H groups in total. The van der Waals surface area contributed by atoms with E-state index in [2.05, 4.69) is 25.9 Å². The lowest BCUT2D eigenvalue weighted by molar-refractivity contribution is 0.248. The Labute approximate surface area is 192 Å². The zero-order chi connectivity index (χ0) is 22.5. The molecule has 0 aliphatic carbocycles. The van der Waals surface area contributed by atoms with Crippen LogP contribution in [0.15, 0.2) is 42.6 Å². The maximum absolute atomic E-state index is 12.0. The number of fused-ring (bicyclic) bond motifs is 1. The number of hydrogen-bond acceptors (Lipinski definition) is 6. The summed E-state index contributed by atoms with van der Waals surface area (Å²) in [5.74, 6) is 1.40. The molecular weight excluding hydrogens is 430 g/mol. The first-order valence-electron chi connectivity index (χ1n) is 10.7.